The van der Waals surface area contributed by atoms with Gasteiger partial charge in [-0.3, -0.25) is 0 Å². The minimum absolute atomic E-state index is 0.0197. The van der Waals surface area contributed by atoms with Crippen molar-refractivity contribution in [2.24, 2.45) is 5.92 Å². The Morgan fingerprint density at radius 2 is 1.79 bits per heavy atom. The van der Waals surface area contributed by atoms with Gasteiger partial charge in [0, 0.05) is 12.6 Å². The fourth-order valence-electron chi connectivity index (χ4n) is 1.79. The minimum Gasteiger partial charge on any atom is -0.317 e. The van der Waals surface area contributed by atoms with Gasteiger partial charge in [-0.25, -0.2) is 13.1 Å². The summed E-state index contributed by atoms with van der Waals surface area (Å²) in [5.41, 5.74) is 0. The van der Waals surface area contributed by atoms with Crippen LogP contribution in [0, 0.1) is 5.92 Å². The Hall–Kier alpha value is -0.170. The number of hydrogen-bond acceptors (Lipinski definition) is 4. The predicted octanol–water partition coefficient (Wildman–Crippen LogP) is 0.882. The van der Waals surface area contributed by atoms with Crippen molar-refractivity contribution in [3.05, 3.63) is 0 Å². The molecule has 0 aliphatic heterocycles. The summed E-state index contributed by atoms with van der Waals surface area (Å²) in [6.45, 7) is 8.69. The molecular formula is C13H31N3O2S. The van der Waals surface area contributed by atoms with Gasteiger partial charge in [-0.15, -0.1) is 0 Å². The first-order chi connectivity index (χ1) is 8.78. The second-order valence-corrected chi connectivity index (χ2v) is 7.48. The Morgan fingerprint density at radius 3 is 2.26 bits per heavy atom. The molecule has 1 unspecified atom stereocenters. The molecule has 0 aromatic rings. The van der Waals surface area contributed by atoms with Gasteiger partial charge in [0.1, 0.15) is 0 Å². The van der Waals surface area contributed by atoms with Crippen molar-refractivity contribution in [2.75, 3.05) is 39.5 Å². The summed E-state index contributed by atoms with van der Waals surface area (Å²) in [5, 5.41) is 3.20. The van der Waals surface area contributed by atoms with Crippen LogP contribution in [0.2, 0.25) is 0 Å². The van der Waals surface area contributed by atoms with E-state index in [0.29, 0.717) is 12.3 Å². The van der Waals surface area contributed by atoms with Gasteiger partial charge in [-0.1, -0.05) is 20.8 Å². The molecule has 0 radical (unpaired) electrons. The highest BCUT2D eigenvalue weighted by Crippen LogP contribution is 2.05. The molecule has 116 valence electrons. The van der Waals surface area contributed by atoms with E-state index in [1.54, 1.807) is 0 Å². The highest BCUT2D eigenvalue weighted by Gasteiger charge is 2.20. The third kappa shape index (κ3) is 10.3. The van der Waals surface area contributed by atoms with Gasteiger partial charge in [-0.05, 0) is 45.9 Å². The van der Waals surface area contributed by atoms with E-state index < -0.39 is 10.0 Å². The van der Waals surface area contributed by atoms with E-state index in [-0.39, 0.29) is 11.8 Å². The topological polar surface area (TPSA) is 61.4 Å². The predicted molar refractivity (Wildman–Crippen MR) is 81.9 cm³/mol. The fourth-order valence-corrected chi connectivity index (χ4v) is 3.30. The minimum atomic E-state index is -3.16. The maximum absolute atomic E-state index is 12.0. The van der Waals surface area contributed by atoms with E-state index in [2.05, 4.69) is 10.0 Å². The number of likely N-dealkylation sites (N-methyl/N-ethyl adjacent to an activating group) is 1. The van der Waals surface area contributed by atoms with E-state index in [1.165, 1.54) is 0 Å². The van der Waals surface area contributed by atoms with Gasteiger partial charge < -0.3 is 10.2 Å². The zero-order valence-corrected chi connectivity index (χ0v) is 13.9. The van der Waals surface area contributed by atoms with E-state index in [4.69, 9.17) is 0 Å². The van der Waals surface area contributed by atoms with E-state index >= 15 is 0 Å². The van der Waals surface area contributed by atoms with Crippen LogP contribution in [0.3, 0.4) is 0 Å². The van der Waals surface area contributed by atoms with E-state index in [0.717, 1.165) is 26.1 Å². The Labute approximate surface area is 119 Å². The summed E-state index contributed by atoms with van der Waals surface area (Å²) in [4.78, 5) is 2.01. The summed E-state index contributed by atoms with van der Waals surface area (Å²) in [6.07, 6.45) is 1.60. The lowest BCUT2D eigenvalue weighted by atomic mass is 10.1. The molecule has 0 heterocycles. The molecule has 5 nitrogen and oxygen atoms in total. The summed E-state index contributed by atoms with van der Waals surface area (Å²) >= 11 is 0. The summed E-state index contributed by atoms with van der Waals surface area (Å²) < 4.78 is 26.8. The molecule has 0 fully saturated rings. The maximum Gasteiger partial charge on any atom is 0.211 e. The molecule has 0 spiro atoms. The zero-order valence-electron chi connectivity index (χ0n) is 13.1. The van der Waals surface area contributed by atoms with Crippen LogP contribution >= 0.6 is 0 Å². The number of sulfonamides is 1. The lowest BCUT2D eigenvalue weighted by molar-refractivity contribution is 0.314. The average Bonchev–Trinajstić information content (AvgIpc) is 2.26. The molecular weight excluding hydrogens is 262 g/mol. The van der Waals surface area contributed by atoms with Crippen LogP contribution in [0.5, 0.6) is 0 Å². The first-order valence-electron chi connectivity index (χ1n) is 7.14. The monoisotopic (exact) mass is 293 g/mol. The number of hydrogen-bond donors (Lipinski definition) is 2. The molecule has 0 aromatic heterocycles. The smallest absolute Gasteiger partial charge is 0.211 e. The molecule has 0 aromatic carbocycles. The first-order valence-corrected chi connectivity index (χ1v) is 8.79. The molecule has 19 heavy (non-hydrogen) atoms. The molecule has 1 atom stereocenters. The summed E-state index contributed by atoms with van der Waals surface area (Å²) in [7, 11) is 0.754. The molecule has 0 bridgehead atoms. The van der Waals surface area contributed by atoms with Gasteiger partial charge in [0.05, 0.1) is 5.75 Å². The number of nitrogens with zero attached hydrogens (tertiary/aromatic N) is 1. The van der Waals surface area contributed by atoms with Gasteiger partial charge in [0.25, 0.3) is 0 Å². The number of rotatable bonds is 11. The second-order valence-electron chi connectivity index (χ2n) is 5.61. The summed E-state index contributed by atoms with van der Waals surface area (Å²) in [5.74, 6) is 0.508. The van der Waals surface area contributed by atoms with Crippen LogP contribution in [0.4, 0.5) is 0 Å². The van der Waals surface area contributed by atoms with Crippen molar-refractivity contribution in [3.63, 3.8) is 0 Å². The Bertz CT molecular complexity index is 316. The molecule has 0 aliphatic carbocycles. The Balaban J connectivity index is 4.16. The quantitative estimate of drug-likeness (QED) is 0.555. The van der Waals surface area contributed by atoms with Gasteiger partial charge >= 0.3 is 0 Å². The SMILES string of the molecule is CCNCCCCS(=O)(=O)NC(CN(C)C)C(C)C. The molecule has 0 amide bonds. The Kier molecular flexibility index (Phi) is 9.60. The van der Waals surface area contributed by atoms with Crippen molar-refractivity contribution >= 4 is 10.0 Å². The van der Waals surface area contributed by atoms with Crippen LogP contribution in [0.25, 0.3) is 0 Å². The third-order valence-electron chi connectivity index (χ3n) is 2.96. The van der Waals surface area contributed by atoms with Gasteiger partial charge in [0.2, 0.25) is 10.0 Å². The van der Waals surface area contributed by atoms with Gasteiger partial charge in [0.15, 0.2) is 0 Å². The van der Waals surface area contributed by atoms with Crippen molar-refractivity contribution < 1.29 is 8.42 Å². The lowest BCUT2D eigenvalue weighted by Gasteiger charge is -2.25. The molecule has 2 N–H and O–H groups in total. The molecule has 6 heteroatoms. The lowest BCUT2D eigenvalue weighted by Crippen LogP contribution is -2.45. The van der Waals surface area contributed by atoms with Gasteiger partial charge in [-0.2, -0.15) is 0 Å². The average molecular weight is 293 g/mol. The normalized spacial score (nSPS) is 14.3. The van der Waals surface area contributed by atoms with E-state index in [9.17, 15) is 8.42 Å². The first kappa shape index (κ1) is 18.8. The molecule has 0 saturated carbocycles. The van der Waals surface area contributed by atoms with Crippen LogP contribution in [0.1, 0.15) is 33.6 Å². The highest BCUT2D eigenvalue weighted by molar-refractivity contribution is 7.89. The standard InChI is InChI=1S/C13H31N3O2S/c1-6-14-9-7-8-10-19(17,18)15-13(12(2)3)11-16(4)5/h12-15H,6-11H2,1-5H3. The highest BCUT2D eigenvalue weighted by atomic mass is 32.2. The zero-order chi connectivity index (χ0) is 14.9. The Morgan fingerprint density at radius 1 is 1.16 bits per heavy atom. The largest absolute Gasteiger partial charge is 0.317 e. The number of nitrogens with one attached hydrogen (secondary N) is 2. The van der Waals surface area contributed by atoms with Crippen LogP contribution in [-0.2, 0) is 10.0 Å². The second kappa shape index (κ2) is 9.69. The third-order valence-corrected chi connectivity index (χ3v) is 4.45. The molecule has 0 saturated heterocycles. The van der Waals surface area contributed by atoms with Crippen molar-refractivity contribution in [2.45, 2.75) is 39.7 Å². The molecule has 0 rings (SSSR count). The number of unbranched alkanes of at least 4 members (excludes halogenated alkanes) is 1. The van der Waals surface area contributed by atoms with E-state index in [1.807, 2.05) is 39.8 Å². The van der Waals surface area contributed by atoms with Crippen molar-refractivity contribution in [1.29, 1.82) is 0 Å². The summed E-state index contributed by atoms with van der Waals surface area (Å²) in [6, 6.07) is -0.0197. The van der Waals surface area contributed by atoms with Crippen LogP contribution < -0.4 is 10.0 Å². The fraction of sp³-hybridized carbons (Fsp3) is 1.00. The van der Waals surface area contributed by atoms with Crippen LogP contribution in [-0.4, -0.2) is 58.8 Å². The van der Waals surface area contributed by atoms with Crippen molar-refractivity contribution in [3.8, 4) is 0 Å². The van der Waals surface area contributed by atoms with Crippen molar-refractivity contribution in [1.82, 2.24) is 14.9 Å². The maximum atomic E-state index is 12.0. The van der Waals surface area contributed by atoms with Crippen LogP contribution in [0.15, 0.2) is 0 Å². The molecule has 0 aliphatic rings.